The van der Waals surface area contributed by atoms with Crippen molar-refractivity contribution in [3.8, 4) is 0 Å². The number of cyclic esters (lactones) is 1. The Labute approximate surface area is 95.1 Å². The van der Waals surface area contributed by atoms with Gasteiger partial charge in [-0.25, -0.2) is 9.59 Å². The summed E-state index contributed by atoms with van der Waals surface area (Å²) in [6.45, 7) is 3.73. The third kappa shape index (κ3) is 3.96. The molecule has 1 aliphatic heterocycles. The van der Waals surface area contributed by atoms with Crippen molar-refractivity contribution in [1.82, 2.24) is 10.2 Å². The molecule has 1 saturated heterocycles. The number of amides is 3. The second kappa shape index (κ2) is 6.19. The van der Waals surface area contributed by atoms with Crippen LogP contribution in [0.3, 0.4) is 0 Å². The van der Waals surface area contributed by atoms with Crippen LogP contribution in [0.1, 0.15) is 26.2 Å². The Balaban J connectivity index is 2.30. The quantitative estimate of drug-likeness (QED) is 0.701. The Hall–Kier alpha value is -1.46. The number of hydrogen-bond donors (Lipinski definition) is 2. The predicted molar refractivity (Wildman–Crippen MR) is 59.0 cm³/mol. The third-order valence-corrected chi connectivity index (χ3v) is 2.58. The van der Waals surface area contributed by atoms with Gasteiger partial charge in [-0.05, 0) is 12.8 Å². The van der Waals surface area contributed by atoms with Gasteiger partial charge in [-0.1, -0.05) is 13.3 Å². The number of nitrogens with one attached hydrogen (secondary N) is 1. The zero-order valence-electron chi connectivity index (χ0n) is 9.57. The van der Waals surface area contributed by atoms with Crippen LogP contribution in [-0.2, 0) is 4.74 Å². The van der Waals surface area contributed by atoms with Gasteiger partial charge in [0.15, 0.2) is 0 Å². The highest BCUT2D eigenvalue weighted by atomic mass is 16.6. The lowest BCUT2D eigenvalue weighted by atomic mass is 10.1. The topological polar surface area (TPSA) is 84.7 Å². The molecule has 0 spiro atoms. The van der Waals surface area contributed by atoms with E-state index in [-0.39, 0.29) is 12.1 Å². The number of hydrogen-bond acceptors (Lipinski definition) is 3. The average molecular weight is 229 g/mol. The zero-order valence-corrected chi connectivity index (χ0v) is 9.57. The number of nitrogens with zero attached hydrogens (tertiary/aromatic N) is 1. The average Bonchev–Trinajstić information content (AvgIpc) is 2.60. The first-order chi connectivity index (χ1) is 7.63. The standard InChI is InChI=1S/C10H19N3O3/c1-2-3-8(12-9(11)14)4-5-13-6-7-16-10(13)15/h8H,2-7H2,1H3,(H3,11,12,14). The van der Waals surface area contributed by atoms with E-state index in [0.717, 1.165) is 12.8 Å². The first-order valence-electron chi connectivity index (χ1n) is 5.61. The molecule has 1 heterocycles. The number of carbonyl (C=O) groups is 2. The minimum absolute atomic E-state index is 0.0379. The summed E-state index contributed by atoms with van der Waals surface area (Å²) in [6, 6.07) is -0.474. The summed E-state index contributed by atoms with van der Waals surface area (Å²) in [5.41, 5.74) is 5.08. The molecule has 6 heteroatoms. The van der Waals surface area contributed by atoms with Gasteiger partial charge in [0.1, 0.15) is 6.61 Å². The fourth-order valence-electron chi connectivity index (χ4n) is 1.78. The SMILES string of the molecule is CCCC(CCN1CCOC1=O)NC(N)=O. The Morgan fingerprint density at radius 2 is 2.38 bits per heavy atom. The summed E-state index contributed by atoms with van der Waals surface area (Å²) in [6.07, 6.45) is 2.28. The number of nitrogens with two attached hydrogens (primary N) is 1. The van der Waals surface area contributed by atoms with Gasteiger partial charge >= 0.3 is 12.1 Å². The van der Waals surface area contributed by atoms with E-state index in [1.54, 1.807) is 4.90 Å². The van der Waals surface area contributed by atoms with Crippen LogP contribution in [0.2, 0.25) is 0 Å². The van der Waals surface area contributed by atoms with Crippen LogP contribution in [0.5, 0.6) is 0 Å². The summed E-state index contributed by atoms with van der Waals surface area (Å²) in [5, 5.41) is 2.68. The number of urea groups is 1. The van der Waals surface area contributed by atoms with Gasteiger partial charge in [0.25, 0.3) is 0 Å². The Morgan fingerprint density at radius 3 is 2.88 bits per heavy atom. The van der Waals surface area contributed by atoms with Crippen LogP contribution >= 0.6 is 0 Å². The predicted octanol–water partition coefficient (Wildman–Crippen LogP) is 0.666. The van der Waals surface area contributed by atoms with E-state index >= 15 is 0 Å². The highest BCUT2D eigenvalue weighted by molar-refractivity contribution is 5.72. The van der Waals surface area contributed by atoms with Crippen molar-refractivity contribution in [2.45, 2.75) is 32.2 Å². The molecule has 1 rings (SSSR count). The summed E-state index contributed by atoms with van der Waals surface area (Å²) < 4.78 is 4.81. The lowest BCUT2D eigenvalue weighted by Gasteiger charge is -2.19. The smallest absolute Gasteiger partial charge is 0.409 e. The lowest BCUT2D eigenvalue weighted by molar-refractivity contribution is 0.157. The summed E-state index contributed by atoms with van der Waals surface area (Å²) in [5.74, 6) is 0. The molecule has 0 aliphatic carbocycles. The van der Waals surface area contributed by atoms with Gasteiger partial charge in [0.05, 0.1) is 6.54 Å². The van der Waals surface area contributed by atoms with Gasteiger partial charge < -0.3 is 20.7 Å². The fourth-order valence-corrected chi connectivity index (χ4v) is 1.78. The maximum atomic E-state index is 11.2. The van der Waals surface area contributed by atoms with Gasteiger partial charge in [0.2, 0.25) is 0 Å². The van der Waals surface area contributed by atoms with Crippen LogP contribution in [0.15, 0.2) is 0 Å². The normalized spacial score (nSPS) is 17.1. The first-order valence-corrected chi connectivity index (χ1v) is 5.61. The molecule has 1 atom stereocenters. The minimum Gasteiger partial charge on any atom is -0.448 e. The summed E-state index contributed by atoms with van der Waals surface area (Å²) in [4.78, 5) is 23.6. The van der Waals surface area contributed by atoms with Gasteiger partial charge in [0, 0.05) is 12.6 Å². The second-order valence-corrected chi connectivity index (χ2v) is 3.88. The molecule has 1 aliphatic rings. The van der Waals surface area contributed by atoms with E-state index in [2.05, 4.69) is 5.32 Å². The number of ether oxygens (including phenoxy) is 1. The molecule has 3 N–H and O–H groups in total. The molecule has 3 amide bonds. The number of rotatable bonds is 6. The van der Waals surface area contributed by atoms with Gasteiger partial charge in [-0.2, -0.15) is 0 Å². The molecule has 0 aromatic heterocycles. The molecule has 1 fully saturated rings. The maximum Gasteiger partial charge on any atom is 0.409 e. The van der Waals surface area contributed by atoms with E-state index in [1.807, 2.05) is 6.92 Å². The second-order valence-electron chi connectivity index (χ2n) is 3.88. The highest BCUT2D eigenvalue weighted by Crippen LogP contribution is 2.08. The molecule has 0 aromatic carbocycles. The van der Waals surface area contributed by atoms with Gasteiger partial charge in [-0.3, -0.25) is 0 Å². The largest absolute Gasteiger partial charge is 0.448 e. The van der Waals surface area contributed by atoms with E-state index in [4.69, 9.17) is 10.5 Å². The summed E-state index contributed by atoms with van der Waals surface area (Å²) >= 11 is 0. The van der Waals surface area contributed by atoms with Crippen molar-refractivity contribution < 1.29 is 14.3 Å². The number of primary amides is 1. The van der Waals surface area contributed by atoms with Crippen molar-refractivity contribution in [3.05, 3.63) is 0 Å². The molecule has 6 nitrogen and oxygen atoms in total. The highest BCUT2D eigenvalue weighted by Gasteiger charge is 2.22. The van der Waals surface area contributed by atoms with E-state index < -0.39 is 6.03 Å². The molecular weight excluding hydrogens is 210 g/mol. The molecule has 0 bridgehead atoms. The molecule has 0 aromatic rings. The molecule has 1 unspecified atom stereocenters. The Kier molecular flexibility index (Phi) is 4.88. The van der Waals surface area contributed by atoms with Crippen molar-refractivity contribution in [2.75, 3.05) is 19.7 Å². The van der Waals surface area contributed by atoms with E-state index in [0.29, 0.717) is 26.1 Å². The lowest BCUT2D eigenvalue weighted by Crippen LogP contribution is -2.41. The molecular formula is C10H19N3O3. The molecule has 16 heavy (non-hydrogen) atoms. The molecule has 0 radical (unpaired) electrons. The van der Waals surface area contributed by atoms with Crippen LogP contribution in [0.4, 0.5) is 9.59 Å². The minimum atomic E-state index is -0.512. The van der Waals surface area contributed by atoms with Crippen molar-refractivity contribution in [1.29, 1.82) is 0 Å². The van der Waals surface area contributed by atoms with Crippen LogP contribution in [0.25, 0.3) is 0 Å². The van der Waals surface area contributed by atoms with Crippen molar-refractivity contribution >= 4 is 12.1 Å². The molecule has 92 valence electrons. The third-order valence-electron chi connectivity index (χ3n) is 2.58. The van der Waals surface area contributed by atoms with Gasteiger partial charge in [-0.15, -0.1) is 0 Å². The van der Waals surface area contributed by atoms with E-state index in [9.17, 15) is 9.59 Å². The van der Waals surface area contributed by atoms with Crippen molar-refractivity contribution in [3.63, 3.8) is 0 Å². The van der Waals surface area contributed by atoms with E-state index in [1.165, 1.54) is 0 Å². The first kappa shape index (κ1) is 12.6. The van der Waals surface area contributed by atoms with Crippen LogP contribution in [-0.4, -0.2) is 42.8 Å². The maximum absolute atomic E-state index is 11.2. The monoisotopic (exact) mass is 229 g/mol. The number of carbonyl (C=O) groups excluding carboxylic acids is 2. The molecule has 0 saturated carbocycles. The Morgan fingerprint density at radius 1 is 1.62 bits per heavy atom. The fraction of sp³-hybridized carbons (Fsp3) is 0.800. The Bertz CT molecular complexity index is 258. The van der Waals surface area contributed by atoms with Crippen molar-refractivity contribution in [2.24, 2.45) is 5.73 Å². The summed E-state index contributed by atoms with van der Waals surface area (Å²) in [7, 11) is 0. The zero-order chi connectivity index (χ0) is 12.0. The van der Waals surface area contributed by atoms with Crippen LogP contribution < -0.4 is 11.1 Å². The van der Waals surface area contributed by atoms with Crippen LogP contribution in [0, 0.1) is 0 Å².